The molecule has 7 N–H and O–H groups in total. The van der Waals surface area contributed by atoms with Crippen molar-refractivity contribution in [2.24, 2.45) is 22.8 Å². The fraction of sp³-hybridized carbons (Fsp3) is 0.679. The molecule has 1 aliphatic rings. The van der Waals surface area contributed by atoms with Gasteiger partial charge >= 0.3 is 0 Å². The highest BCUT2D eigenvalue weighted by Gasteiger charge is 2.30. The van der Waals surface area contributed by atoms with Gasteiger partial charge in [-0.05, 0) is 107 Å². The molecule has 3 unspecified atom stereocenters. The molecule has 1 aliphatic heterocycles. The zero-order chi connectivity index (χ0) is 51.4. The third kappa shape index (κ3) is 29.4. The summed E-state index contributed by atoms with van der Waals surface area (Å²) in [6.07, 6.45) is 15.2. The number of aliphatic hydroxyl groups is 1. The topological polar surface area (TPSA) is 195 Å². The van der Waals surface area contributed by atoms with Crippen molar-refractivity contribution in [2.75, 3.05) is 51.3 Å². The van der Waals surface area contributed by atoms with E-state index in [1.165, 1.54) is 68.6 Å². The number of likely N-dealkylation sites (tertiary alicyclic amines) is 1. The van der Waals surface area contributed by atoms with Crippen LogP contribution in [0.3, 0.4) is 0 Å². The number of nitrogens with zero attached hydrogens (tertiary/aromatic N) is 4. The number of unbranched alkanes of at least 4 members (excludes halogenated alkanes) is 4. The Morgan fingerprint density at radius 1 is 0.970 bits per heavy atom. The largest absolute Gasteiger partial charge is 0.483 e. The van der Waals surface area contributed by atoms with Gasteiger partial charge in [0.05, 0.1) is 11.6 Å². The lowest BCUT2D eigenvalue weighted by molar-refractivity contribution is -0.123. The molecule has 0 bridgehead atoms. The van der Waals surface area contributed by atoms with E-state index < -0.39 is 0 Å². The predicted octanol–water partition coefficient (Wildman–Crippen LogP) is 10.2. The molecule has 1 aromatic carbocycles. The number of aliphatic hydroxyl groups excluding tert-OH is 1. The molecule has 1 aromatic heterocycles. The fourth-order valence-electron chi connectivity index (χ4n) is 8.04. The number of aromatic nitrogens is 1. The number of rotatable bonds is 26. The Morgan fingerprint density at radius 3 is 2.01 bits per heavy atom. The van der Waals surface area contributed by atoms with Crippen molar-refractivity contribution in [2.45, 2.75) is 177 Å². The van der Waals surface area contributed by atoms with Crippen molar-refractivity contribution < 1.29 is 29.4 Å². The van der Waals surface area contributed by atoms with Gasteiger partial charge in [-0.2, -0.15) is 0 Å². The maximum absolute atomic E-state index is 13.8. The summed E-state index contributed by atoms with van der Waals surface area (Å²) >= 11 is 1.49. The average molecular weight is 958 g/mol. The van der Waals surface area contributed by atoms with Gasteiger partial charge in [0.2, 0.25) is 6.41 Å². The zero-order valence-corrected chi connectivity index (χ0v) is 44.6. The first-order chi connectivity index (χ1) is 31.9. The number of allylic oxidation sites excluding steroid dienone is 1. The van der Waals surface area contributed by atoms with Crippen LogP contribution in [0.2, 0.25) is 0 Å². The summed E-state index contributed by atoms with van der Waals surface area (Å²) in [6.45, 7) is 33.9. The quantitative estimate of drug-likeness (QED) is 0.0445. The summed E-state index contributed by atoms with van der Waals surface area (Å²) in [7, 11) is 2.19. The maximum Gasteiger partial charge on any atom is 0.290 e. The van der Waals surface area contributed by atoms with Gasteiger partial charge in [0.1, 0.15) is 11.5 Å². The van der Waals surface area contributed by atoms with Crippen LogP contribution in [0, 0.1) is 11.3 Å². The summed E-state index contributed by atoms with van der Waals surface area (Å²) in [6, 6.07) is 8.27. The molecule has 13 nitrogen and oxygen atoms in total. The highest BCUT2D eigenvalue weighted by atomic mass is 32.1. The first kappa shape index (κ1) is 65.0. The lowest BCUT2D eigenvalue weighted by Crippen LogP contribution is -2.40. The molecule has 2 amide bonds. The van der Waals surface area contributed by atoms with Crippen LogP contribution < -0.4 is 21.7 Å². The van der Waals surface area contributed by atoms with Gasteiger partial charge < -0.3 is 46.5 Å². The number of piperidine rings is 1. The summed E-state index contributed by atoms with van der Waals surface area (Å²) < 4.78 is 0. The van der Waals surface area contributed by atoms with Crippen LogP contribution in [0.5, 0.6) is 0 Å². The van der Waals surface area contributed by atoms with Crippen molar-refractivity contribution in [3.63, 3.8) is 0 Å². The molecule has 1 fully saturated rings. The van der Waals surface area contributed by atoms with Gasteiger partial charge in [0.15, 0.2) is 0 Å². The second-order valence-corrected chi connectivity index (χ2v) is 19.6. The monoisotopic (exact) mass is 958 g/mol. The maximum atomic E-state index is 13.8. The second kappa shape index (κ2) is 38.8. The zero-order valence-electron chi connectivity index (χ0n) is 43.8. The minimum absolute atomic E-state index is 0.00102. The average Bonchev–Trinajstić information content (AvgIpc) is 3.78. The van der Waals surface area contributed by atoms with E-state index in [9.17, 15) is 14.7 Å². The van der Waals surface area contributed by atoms with Crippen LogP contribution in [-0.2, 0) is 20.8 Å². The molecule has 14 heteroatoms. The minimum Gasteiger partial charge on any atom is -0.483 e. The van der Waals surface area contributed by atoms with Crippen molar-refractivity contribution in [3.8, 4) is 0 Å². The van der Waals surface area contributed by atoms with Crippen LogP contribution in [0.15, 0.2) is 54.2 Å². The Morgan fingerprint density at radius 2 is 1.55 bits per heavy atom. The predicted molar refractivity (Wildman–Crippen MR) is 283 cm³/mol. The number of nitrogens with one attached hydrogen (secondary N) is 1. The number of primary amides is 1. The molecule has 2 heterocycles. The van der Waals surface area contributed by atoms with Gasteiger partial charge in [-0.3, -0.25) is 14.4 Å². The number of carbonyl (C=O) groups is 4. The van der Waals surface area contributed by atoms with E-state index in [0.717, 1.165) is 67.0 Å². The van der Waals surface area contributed by atoms with Crippen molar-refractivity contribution >= 4 is 41.6 Å². The number of Topliss-reactive ketones (excluding diaryl/α,β-unsaturated/α-hetero) is 1. The minimum atomic E-state index is -0.250. The van der Waals surface area contributed by atoms with Gasteiger partial charge in [-0.25, -0.2) is 4.98 Å². The number of amides is 2. The Hall–Kier alpha value is -4.11. The lowest BCUT2D eigenvalue weighted by atomic mass is 9.85. The second-order valence-electron chi connectivity index (χ2n) is 18.7. The third-order valence-corrected chi connectivity index (χ3v) is 12.3. The highest BCUT2D eigenvalue weighted by molar-refractivity contribution is 7.10. The molecule has 2 aromatic rings. The molecule has 0 radical (unpaired) electrons. The molecular weight excluding hydrogens is 863 g/mol. The first-order valence-electron chi connectivity index (χ1n) is 24.8. The number of anilines is 1. The third-order valence-electron chi connectivity index (χ3n) is 11.3. The number of hydrogen-bond acceptors (Lipinski definition) is 11. The summed E-state index contributed by atoms with van der Waals surface area (Å²) in [5.41, 5.74) is 14.4. The highest BCUT2D eigenvalue weighted by Crippen LogP contribution is 2.34. The van der Waals surface area contributed by atoms with Gasteiger partial charge in [0.25, 0.3) is 12.4 Å². The fourth-order valence-corrected chi connectivity index (χ4v) is 8.96. The molecule has 3 rings (SSSR count). The number of hydrogen-bond donors (Lipinski definition) is 5. The normalized spacial score (nSPS) is 13.5. The number of thiazole rings is 1. The molecular formula is C53H95N7O6S. The van der Waals surface area contributed by atoms with E-state index >= 15 is 0 Å². The Labute approximate surface area is 411 Å². The van der Waals surface area contributed by atoms with Crippen LogP contribution in [0.1, 0.15) is 180 Å². The molecule has 384 valence electrons. The molecule has 1 saturated heterocycles. The van der Waals surface area contributed by atoms with Crippen molar-refractivity contribution in [1.29, 1.82) is 0 Å². The first-order valence-corrected chi connectivity index (χ1v) is 25.7. The van der Waals surface area contributed by atoms with E-state index in [-0.39, 0.29) is 54.6 Å². The van der Waals surface area contributed by atoms with E-state index in [1.54, 1.807) is 6.92 Å². The summed E-state index contributed by atoms with van der Waals surface area (Å²) in [5.74, 6) is 0.245. The van der Waals surface area contributed by atoms with Crippen molar-refractivity contribution in [3.05, 3.63) is 70.5 Å². The standard InChI is InChI=1S/C43H71N5O3S.C6H13N.C2H6.CH3NO.CH2O2/c1-11-13-15-16-22-48(32(5)17-14-12-2)40(31(3)4)27-36(25-34(7)50)42-46-39(30-52-42)41(51)45-37(28-43(8,9)10)26-35-18-20-38(21-19-35)47(23-24-49)33(6)29-44;1-7-5-3-2-4-6-7;1-2;2*2-1-3/h18-21,30-31,36-37,40,49H,5-6,11-17,22-29,44H2,1-4,7-10H3,(H,45,51);2-6H2,1H3;1-2H3;1H,(H2,2,3);1H,(H,2,3). The molecule has 0 saturated carbocycles. The van der Waals surface area contributed by atoms with Crippen LogP contribution in [0.4, 0.5) is 5.69 Å². The number of carbonyl (C=O) groups excluding carboxylic acids is 3. The van der Waals surface area contributed by atoms with E-state index in [1.807, 2.05) is 36.3 Å². The SMILES string of the molecule is C=C(CN)N(CCO)c1ccc(CC(CC(C)(C)C)NC(=O)c2csc(C(CC(C)=O)CC(C(C)C)N(CCCCCC)C(=C)CCCC)n2)cc1.CC.CN1CCCCC1.NC=O.O=CO. The van der Waals surface area contributed by atoms with Crippen LogP contribution in [-0.4, -0.2) is 108 Å². The Kier molecular flexibility index (Phi) is 37.6. The number of ketones is 1. The van der Waals surface area contributed by atoms with Crippen molar-refractivity contribution in [1.82, 2.24) is 20.1 Å². The number of benzene rings is 1. The van der Waals surface area contributed by atoms with Gasteiger partial charge in [-0.15, -0.1) is 11.3 Å². The molecule has 67 heavy (non-hydrogen) atoms. The molecule has 0 spiro atoms. The molecule has 0 aliphatic carbocycles. The lowest BCUT2D eigenvalue weighted by Gasteiger charge is -2.39. The Bertz CT molecular complexity index is 1620. The van der Waals surface area contributed by atoms with E-state index in [4.69, 9.17) is 25.4 Å². The van der Waals surface area contributed by atoms with Crippen LogP contribution in [0.25, 0.3) is 0 Å². The van der Waals surface area contributed by atoms with Gasteiger partial charge in [-0.1, -0.05) is 120 Å². The summed E-state index contributed by atoms with van der Waals surface area (Å²) in [4.78, 5) is 55.2. The number of nitrogens with two attached hydrogens (primary N) is 2. The summed E-state index contributed by atoms with van der Waals surface area (Å²) in [5, 5.41) is 22.5. The Balaban J connectivity index is 0. The molecule has 3 atom stereocenters. The smallest absolute Gasteiger partial charge is 0.290 e. The van der Waals surface area contributed by atoms with E-state index in [0.29, 0.717) is 37.5 Å². The van der Waals surface area contributed by atoms with Gasteiger partial charge in [0, 0.05) is 66.5 Å². The van der Waals surface area contributed by atoms with E-state index in [2.05, 4.69) is 102 Å². The number of carboxylic acid groups (broad SMARTS) is 1. The van der Waals surface area contributed by atoms with Crippen LogP contribution >= 0.6 is 11.3 Å².